The van der Waals surface area contributed by atoms with Crippen LogP contribution in [-0.4, -0.2) is 59.6 Å². The molecule has 2 rings (SSSR count). The lowest BCUT2D eigenvalue weighted by Gasteiger charge is -2.43. The monoisotopic (exact) mass is 268 g/mol. The molecule has 2 unspecified atom stereocenters. The number of piperidine rings is 1. The topological polar surface area (TPSA) is 43.8 Å². The lowest BCUT2D eigenvalue weighted by Crippen LogP contribution is -2.51. The number of hydrogen-bond donors (Lipinski definition) is 1. The maximum absolute atomic E-state index is 11.4. The predicted octanol–water partition coefficient (Wildman–Crippen LogP) is 2.05. The zero-order valence-electron chi connectivity index (χ0n) is 12.3. The number of rotatable bonds is 4. The Labute approximate surface area is 116 Å². The van der Waals surface area contributed by atoms with E-state index in [2.05, 4.69) is 23.8 Å². The van der Waals surface area contributed by atoms with E-state index in [1.807, 2.05) is 0 Å². The second kappa shape index (κ2) is 6.71. The van der Waals surface area contributed by atoms with Gasteiger partial charge in [0.1, 0.15) is 0 Å². The molecule has 1 heterocycles. The fraction of sp³-hybridized carbons (Fsp3) is 0.933. The minimum atomic E-state index is -0.595. The highest BCUT2D eigenvalue weighted by Crippen LogP contribution is 2.31. The van der Waals surface area contributed by atoms with E-state index in [0.717, 1.165) is 38.9 Å². The smallest absolute Gasteiger partial charge is 0.308 e. The minimum Gasteiger partial charge on any atom is -0.481 e. The van der Waals surface area contributed by atoms with Crippen molar-refractivity contribution in [3.05, 3.63) is 0 Å². The van der Waals surface area contributed by atoms with Crippen molar-refractivity contribution in [2.75, 3.05) is 26.7 Å². The molecule has 4 nitrogen and oxygen atoms in total. The molecule has 4 heteroatoms. The molecule has 0 aromatic carbocycles. The summed E-state index contributed by atoms with van der Waals surface area (Å²) in [6.45, 7) is 5.68. The zero-order chi connectivity index (χ0) is 13.8. The van der Waals surface area contributed by atoms with Crippen molar-refractivity contribution < 1.29 is 9.90 Å². The van der Waals surface area contributed by atoms with Gasteiger partial charge in [-0.25, -0.2) is 0 Å². The Hall–Kier alpha value is -0.610. The molecule has 0 aromatic rings. The van der Waals surface area contributed by atoms with E-state index >= 15 is 0 Å². The number of likely N-dealkylation sites (tertiary alicyclic amines) is 1. The van der Waals surface area contributed by atoms with Gasteiger partial charge in [0.05, 0.1) is 5.92 Å². The highest BCUT2D eigenvalue weighted by atomic mass is 16.4. The summed E-state index contributed by atoms with van der Waals surface area (Å²) in [6.07, 6.45) is 6.56. The third-order valence-electron chi connectivity index (χ3n) is 5.15. The third kappa shape index (κ3) is 3.48. The molecular formula is C15H28N2O2. The normalized spacial score (nSPS) is 30.7. The Morgan fingerprint density at radius 1 is 1.21 bits per heavy atom. The first-order valence-corrected chi connectivity index (χ1v) is 7.80. The Bertz CT molecular complexity index is 301. The molecule has 1 saturated heterocycles. The van der Waals surface area contributed by atoms with Gasteiger partial charge >= 0.3 is 5.97 Å². The maximum atomic E-state index is 11.4. The molecular weight excluding hydrogens is 240 g/mol. The van der Waals surface area contributed by atoms with Gasteiger partial charge in [-0.2, -0.15) is 0 Å². The highest BCUT2D eigenvalue weighted by Gasteiger charge is 2.36. The van der Waals surface area contributed by atoms with Gasteiger partial charge in [-0.3, -0.25) is 9.69 Å². The van der Waals surface area contributed by atoms with Crippen LogP contribution in [0.5, 0.6) is 0 Å². The molecule has 0 amide bonds. The summed E-state index contributed by atoms with van der Waals surface area (Å²) in [5, 5.41) is 9.40. The van der Waals surface area contributed by atoms with Crippen molar-refractivity contribution in [1.29, 1.82) is 0 Å². The first-order valence-electron chi connectivity index (χ1n) is 7.80. The van der Waals surface area contributed by atoms with Crippen LogP contribution in [0.15, 0.2) is 0 Å². The van der Waals surface area contributed by atoms with Crippen LogP contribution in [-0.2, 0) is 4.79 Å². The summed E-state index contributed by atoms with van der Waals surface area (Å²) in [7, 11) is 2.15. The van der Waals surface area contributed by atoms with Crippen molar-refractivity contribution in [2.24, 2.45) is 5.92 Å². The van der Waals surface area contributed by atoms with Gasteiger partial charge in [0, 0.05) is 12.1 Å². The molecule has 0 radical (unpaired) electrons. The Morgan fingerprint density at radius 2 is 1.84 bits per heavy atom. The Balaban J connectivity index is 1.94. The van der Waals surface area contributed by atoms with Crippen LogP contribution in [0.25, 0.3) is 0 Å². The highest BCUT2D eigenvalue weighted by molar-refractivity contribution is 5.71. The zero-order valence-corrected chi connectivity index (χ0v) is 12.3. The average molecular weight is 268 g/mol. The third-order valence-corrected chi connectivity index (χ3v) is 5.15. The molecule has 0 spiro atoms. The molecule has 2 aliphatic rings. The second-order valence-electron chi connectivity index (χ2n) is 6.13. The quantitative estimate of drug-likeness (QED) is 0.847. The first-order chi connectivity index (χ1) is 9.13. The van der Waals surface area contributed by atoms with Crippen LogP contribution in [0.3, 0.4) is 0 Å². The molecule has 1 N–H and O–H groups in total. The summed E-state index contributed by atoms with van der Waals surface area (Å²) < 4.78 is 0. The van der Waals surface area contributed by atoms with Gasteiger partial charge in [0.15, 0.2) is 0 Å². The molecule has 1 aliphatic heterocycles. The van der Waals surface area contributed by atoms with Gasteiger partial charge in [0.2, 0.25) is 0 Å². The number of carbonyl (C=O) groups is 1. The Morgan fingerprint density at radius 3 is 2.42 bits per heavy atom. The fourth-order valence-electron chi connectivity index (χ4n) is 3.80. The van der Waals surface area contributed by atoms with E-state index in [4.69, 9.17) is 0 Å². The molecule has 0 bridgehead atoms. The summed E-state index contributed by atoms with van der Waals surface area (Å²) >= 11 is 0. The van der Waals surface area contributed by atoms with Crippen LogP contribution >= 0.6 is 0 Å². The van der Waals surface area contributed by atoms with Gasteiger partial charge in [-0.1, -0.05) is 19.8 Å². The lowest BCUT2D eigenvalue weighted by atomic mass is 9.82. The van der Waals surface area contributed by atoms with Gasteiger partial charge in [0.25, 0.3) is 0 Å². The van der Waals surface area contributed by atoms with Crippen LogP contribution in [0.4, 0.5) is 0 Å². The number of carboxylic acid groups (broad SMARTS) is 1. The van der Waals surface area contributed by atoms with Gasteiger partial charge < -0.3 is 10.0 Å². The molecule has 1 aliphatic carbocycles. The summed E-state index contributed by atoms with van der Waals surface area (Å²) in [6, 6.07) is 0.831. The van der Waals surface area contributed by atoms with Crippen molar-refractivity contribution in [3.63, 3.8) is 0 Å². The first kappa shape index (κ1) is 14.8. The molecule has 1 saturated carbocycles. The number of nitrogens with zero attached hydrogens (tertiary/aromatic N) is 2. The van der Waals surface area contributed by atoms with Crippen molar-refractivity contribution in [2.45, 2.75) is 57.5 Å². The van der Waals surface area contributed by atoms with Crippen LogP contribution in [0.2, 0.25) is 0 Å². The molecule has 110 valence electrons. The molecule has 2 atom stereocenters. The molecule has 0 aromatic heterocycles. The van der Waals surface area contributed by atoms with Crippen LogP contribution in [0, 0.1) is 5.92 Å². The van der Waals surface area contributed by atoms with E-state index in [-0.39, 0.29) is 12.0 Å². The maximum Gasteiger partial charge on any atom is 0.308 e. The largest absolute Gasteiger partial charge is 0.481 e. The number of hydrogen-bond acceptors (Lipinski definition) is 3. The fourth-order valence-corrected chi connectivity index (χ4v) is 3.80. The summed E-state index contributed by atoms with van der Waals surface area (Å²) in [5.74, 6) is -0.745. The lowest BCUT2D eigenvalue weighted by molar-refractivity contribution is -0.146. The number of aliphatic carboxylic acids is 1. The minimum absolute atomic E-state index is 0.150. The van der Waals surface area contributed by atoms with Crippen LogP contribution in [0.1, 0.15) is 45.4 Å². The van der Waals surface area contributed by atoms with E-state index in [1.54, 1.807) is 0 Å². The van der Waals surface area contributed by atoms with Crippen molar-refractivity contribution in [1.82, 2.24) is 9.80 Å². The molecule has 19 heavy (non-hydrogen) atoms. The van der Waals surface area contributed by atoms with E-state index in [9.17, 15) is 9.90 Å². The van der Waals surface area contributed by atoms with Crippen molar-refractivity contribution in [3.8, 4) is 0 Å². The van der Waals surface area contributed by atoms with E-state index in [1.165, 1.54) is 19.3 Å². The Kier molecular flexibility index (Phi) is 5.22. The van der Waals surface area contributed by atoms with Crippen molar-refractivity contribution >= 4 is 5.97 Å². The predicted molar refractivity (Wildman–Crippen MR) is 76.3 cm³/mol. The number of carboxylic acids is 1. The second-order valence-corrected chi connectivity index (χ2v) is 6.13. The summed E-state index contributed by atoms with van der Waals surface area (Å²) in [4.78, 5) is 16.3. The van der Waals surface area contributed by atoms with Crippen LogP contribution < -0.4 is 0 Å². The SMILES string of the molecule is CCN1CCC(N(C)C2CCCCC2C(=O)O)CC1. The molecule has 2 fully saturated rings. The van der Waals surface area contributed by atoms with Gasteiger partial charge in [-0.15, -0.1) is 0 Å². The van der Waals surface area contributed by atoms with E-state index < -0.39 is 5.97 Å². The van der Waals surface area contributed by atoms with E-state index in [0.29, 0.717) is 6.04 Å². The average Bonchev–Trinajstić information content (AvgIpc) is 2.46. The standard InChI is InChI=1S/C15H28N2O2/c1-3-17-10-8-12(9-11-17)16(2)14-7-5-4-6-13(14)15(18)19/h12-14H,3-11H2,1-2H3,(H,18,19). The summed E-state index contributed by atoms with van der Waals surface area (Å²) in [5.41, 5.74) is 0. The van der Waals surface area contributed by atoms with Gasteiger partial charge in [-0.05, 0) is 52.4 Å².